The van der Waals surface area contributed by atoms with Crippen LogP contribution >= 0.6 is 11.3 Å². The van der Waals surface area contributed by atoms with Gasteiger partial charge in [0.25, 0.3) is 5.91 Å². The van der Waals surface area contributed by atoms with E-state index in [9.17, 15) is 9.59 Å². The molecule has 2 aliphatic rings. The van der Waals surface area contributed by atoms with Crippen molar-refractivity contribution in [2.75, 3.05) is 25.0 Å². The quantitative estimate of drug-likeness (QED) is 0.756. The van der Waals surface area contributed by atoms with Gasteiger partial charge in [-0.15, -0.1) is 11.3 Å². The van der Waals surface area contributed by atoms with Gasteiger partial charge in [-0.1, -0.05) is 20.8 Å². The number of carbonyl (C=O) groups excluding carboxylic acids is 2. The van der Waals surface area contributed by atoms with E-state index in [1.807, 2.05) is 13.8 Å². The molecule has 2 heterocycles. The minimum atomic E-state index is -0.353. The van der Waals surface area contributed by atoms with Crippen molar-refractivity contribution in [3.8, 4) is 0 Å². The molecule has 3 rings (SSSR count). The lowest BCUT2D eigenvalue weighted by atomic mass is 9.65. The number of anilines is 1. The third-order valence-corrected chi connectivity index (χ3v) is 7.30. The first kappa shape index (κ1) is 20.3. The van der Waals surface area contributed by atoms with Crippen molar-refractivity contribution in [2.24, 2.45) is 10.8 Å². The molecule has 1 saturated carbocycles. The van der Waals surface area contributed by atoms with Gasteiger partial charge in [0.15, 0.2) is 6.54 Å². The molecule has 27 heavy (non-hydrogen) atoms. The average molecular weight is 394 g/mol. The zero-order valence-corrected chi connectivity index (χ0v) is 18.3. The number of thiophene rings is 1. The van der Waals surface area contributed by atoms with Gasteiger partial charge in [0.05, 0.1) is 24.8 Å². The molecule has 0 radical (unpaired) electrons. The molecule has 150 valence electrons. The Bertz CT molecular complexity index is 755. The van der Waals surface area contributed by atoms with Gasteiger partial charge < -0.3 is 15.0 Å². The first-order valence-corrected chi connectivity index (χ1v) is 10.8. The van der Waals surface area contributed by atoms with E-state index in [4.69, 9.17) is 4.74 Å². The Hall–Kier alpha value is -1.40. The summed E-state index contributed by atoms with van der Waals surface area (Å²) in [5, 5.41) is 3.64. The molecule has 2 fully saturated rings. The Labute approximate surface area is 166 Å². The van der Waals surface area contributed by atoms with Crippen LogP contribution in [-0.2, 0) is 9.53 Å². The molecule has 3 atom stereocenters. The van der Waals surface area contributed by atoms with Gasteiger partial charge in [-0.3, -0.25) is 4.79 Å². The zero-order chi connectivity index (χ0) is 20.0. The minimum absolute atomic E-state index is 0.00856. The molecule has 6 heteroatoms. The van der Waals surface area contributed by atoms with Gasteiger partial charge in [-0.2, -0.15) is 0 Å². The Morgan fingerprint density at radius 2 is 1.96 bits per heavy atom. The number of ether oxygens (including phenoxy) is 1. The lowest BCUT2D eigenvalue weighted by Crippen LogP contribution is -3.15. The van der Waals surface area contributed by atoms with Crippen molar-refractivity contribution in [1.82, 2.24) is 0 Å². The summed E-state index contributed by atoms with van der Waals surface area (Å²) in [6, 6.07) is 0.556. The molecule has 1 amide bonds. The van der Waals surface area contributed by atoms with Gasteiger partial charge in [-0.05, 0) is 38.2 Å². The van der Waals surface area contributed by atoms with Crippen LogP contribution in [0.5, 0.6) is 0 Å². The number of aryl methyl sites for hydroxylation is 1. The van der Waals surface area contributed by atoms with Gasteiger partial charge in [-0.25, -0.2) is 4.79 Å². The predicted octanol–water partition coefficient (Wildman–Crippen LogP) is 2.96. The summed E-state index contributed by atoms with van der Waals surface area (Å²) >= 11 is 1.46. The topological polar surface area (TPSA) is 59.8 Å². The maximum absolute atomic E-state index is 12.8. The van der Waals surface area contributed by atoms with Crippen LogP contribution in [0.4, 0.5) is 5.00 Å². The van der Waals surface area contributed by atoms with E-state index < -0.39 is 0 Å². The lowest BCUT2D eigenvalue weighted by molar-refractivity contribution is -0.906. The molecular formula is C21H33N2O3S+. The fourth-order valence-electron chi connectivity index (χ4n) is 5.50. The van der Waals surface area contributed by atoms with Crippen molar-refractivity contribution >= 4 is 28.2 Å². The average Bonchev–Trinajstić information content (AvgIpc) is 2.91. The fourth-order valence-corrected chi connectivity index (χ4v) is 6.56. The Morgan fingerprint density at radius 1 is 1.26 bits per heavy atom. The Balaban J connectivity index is 1.71. The van der Waals surface area contributed by atoms with E-state index in [1.54, 1.807) is 6.92 Å². The number of rotatable bonds is 5. The van der Waals surface area contributed by atoms with Crippen molar-refractivity contribution in [1.29, 1.82) is 0 Å². The van der Waals surface area contributed by atoms with Crippen LogP contribution in [-0.4, -0.2) is 37.6 Å². The van der Waals surface area contributed by atoms with E-state index in [1.165, 1.54) is 35.5 Å². The van der Waals surface area contributed by atoms with Gasteiger partial charge >= 0.3 is 5.97 Å². The summed E-state index contributed by atoms with van der Waals surface area (Å²) < 4.78 is 5.18. The highest BCUT2D eigenvalue weighted by molar-refractivity contribution is 7.16. The van der Waals surface area contributed by atoms with Crippen LogP contribution in [0.3, 0.4) is 0 Å². The van der Waals surface area contributed by atoms with Gasteiger partial charge in [0.2, 0.25) is 0 Å². The molecule has 5 nitrogen and oxygen atoms in total. The molecule has 0 spiro atoms. The molecule has 2 bridgehead atoms. The fraction of sp³-hybridized carbons (Fsp3) is 0.714. The summed E-state index contributed by atoms with van der Waals surface area (Å²) in [6.45, 7) is 14.6. The second-order valence-corrected chi connectivity index (χ2v) is 10.7. The molecule has 1 aromatic heterocycles. The molecule has 1 aromatic rings. The van der Waals surface area contributed by atoms with Crippen molar-refractivity contribution in [2.45, 2.75) is 66.8 Å². The number of hydrogen-bond acceptors (Lipinski definition) is 4. The molecule has 1 aliphatic carbocycles. The Morgan fingerprint density at radius 3 is 2.63 bits per heavy atom. The van der Waals surface area contributed by atoms with E-state index in [-0.39, 0.29) is 11.9 Å². The third-order valence-electron chi connectivity index (χ3n) is 6.18. The van der Waals surface area contributed by atoms with E-state index in [0.717, 1.165) is 17.0 Å². The van der Waals surface area contributed by atoms with E-state index in [2.05, 4.69) is 26.1 Å². The van der Waals surface area contributed by atoms with E-state index >= 15 is 0 Å². The Kier molecular flexibility index (Phi) is 5.43. The normalized spacial score (nSPS) is 28.8. The van der Waals surface area contributed by atoms with Gasteiger partial charge in [0, 0.05) is 23.1 Å². The van der Waals surface area contributed by atoms with Crippen molar-refractivity contribution in [3.63, 3.8) is 0 Å². The van der Waals surface area contributed by atoms with Crippen LogP contribution in [0, 0.1) is 24.7 Å². The van der Waals surface area contributed by atoms with Crippen LogP contribution in [0.25, 0.3) is 0 Å². The number of fused-ring (bicyclic) bond motifs is 2. The number of quaternary nitrogens is 1. The molecule has 1 aliphatic heterocycles. The highest BCUT2D eigenvalue weighted by Gasteiger charge is 2.53. The number of likely N-dealkylation sites (tertiary alicyclic amines) is 1. The van der Waals surface area contributed by atoms with Crippen LogP contribution in [0.1, 0.15) is 67.8 Å². The highest BCUT2D eigenvalue weighted by Crippen LogP contribution is 2.47. The number of carbonyl (C=O) groups is 2. The SMILES string of the molecule is CCOC(=O)c1c(NC(=O)C[NH+]2CC3(C)CC2CC(C)(C)C3)sc(C)c1C. The molecule has 3 unspecified atom stereocenters. The van der Waals surface area contributed by atoms with Gasteiger partial charge in [0.1, 0.15) is 5.00 Å². The smallest absolute Gasteiger partial charge is 0.341 e. The maximum atomic E-state index is 12.8. The number of nitrogens with one attached hydrogen (secondary N) is 2. The van der Waals surface area contributed by atoms with Crippen LogP contribution < -0.4 is 10.2 Å². The van der Waals surface area contributed by atoms with E-state index in [0.29, 0.717) is 40.6 Å². The number of hydrogen-bond donors (Lipinski definition) is 2. The standard InChI is InChI=1S/C21H32N2O3S/c1-7-26-19(25)17-13(2)14(3)27-18(17)22-16(24)10-23-12-21(6)9-15(23)8-20(4,5)11-21/h15H,7-12H2,1-6H3,(H,22,24)/p+1. The number of amides is 1. The minimum Gasteiger partial charge on any atom is -0.462 e. The van der Waals surface area contributed by atoms with Crippen molar-refractivity contribution < 1.29 is 19.2 Å². The largest absolute Gasteiger partial charge is 0.462 e. The molecule has 2 N–H and O–H groups in total. The predicted molar refractivity (Wildman–Crippen MR) is 109 cm³/mol. The highest BCUT2D eigenvalue weighted by atomic mass is 32.1. The second kappa shape index (κ2) is 7.21. The summed E-state index contributed by atoms with van der Waals surface area (Å²) in [5.41, 5.74) is 2.10. The summed E-state index contributed by atoms with van der Waals surface area (Å²) in [4.78, 5) is 27.5. The first-order valence-electron chi connectivity index (χ1n) is 9.95. The van der Waals surface area contributed by atoms with Crippen molar-refractivity contribution in [3.05, 3.63) is 16.0 Å². The molecule has 1 saturated heterocycles. The number of esters is 1. The summed E-state index contributed by atoms with van der Waals surface area (Å²) in [7, 11) is 0. The maximum Gasteiger partial charge on any atom is 0.341 e. The second-order valence-electron chi connectivity index (χ2n) is 9.52. The van der Waals surface area contributed by atoms with Crippen LogP contribution in [0.15, 0.2) is 0 Å². The summed E-state index contributed by atoms with van der Waals surface area (Å²) in [6.07, 6.45) is 3.62. The van der Waals surface area contributed by atoms with Crippen LogP contribution in [0.2, 0.25) is 0 Å². The molecule has 0 aromatic carbocycles. The monoisotopic (exact) mass is 393 g/mol. The zero-order valence-electron chi connectivity index (χ0n) is 17.5. The third kappa shape index (κ3) is 4.21. The molecular weight excluding hydrogens is 360 g/mol. The first-order chi connectivity index (χ1) is 12.5. The summed E-state index contributed by atoms with van der Waals surface area (Å²) in [5.74, 6) is -0.362. The lowest BCUT2D eigenvalue weighted by Gasteiger charge is -2.37.